The van der Waals surface area contributed by atoms with E-state index in [0.717, 1.165) is 0 Å². The number of thioether (sulfide) groups is 1. The zero-order valence-electron chi connectivity index (χ0n) is 11.9. The van der Waals surface area contributed by atoms with Crippen LogP contribution in [0, 0.1) is 0 Å². The first-order valence-corrected chi connectivity index (χ1v) is 8.15. The Bertz CT molecular complexity index is 643. The number of amides is 2. The van der Waals surface area contributed by atoms with Crippen LogP contribution in [0.4, 0.5) is 0 Å². The minimum Gasteiger partial charge on any atom is -0.467 e. The summed E-state index contributed by atoms with van der Waals surface area (Å²) < 4.78 is 5.19. The van der Waals surface area contributed by atoms with E-state index in [1.807, 2.05) is 18.2 Å². The van der Waals surface area contributed by atoms with Crippen molar-refractivity contribution in [3.8, 4) is 0 Å². The number of benzene rings is 1. The number of hydrogen-bond acceptors (Lipinski definition) is 4. The first-order valence-electron chi connectivity index (χ1n) is 6.99. The fourth-order valence-electron chi connectivity index (χ4n) is 2.31. The van der Waals surface area contributed by atoms with E-state index in [1.165, 1.54) is 0 Å². The van der Waals surface area contributed by atoms with Crippen LogP contribution in [-0.4, -0.2) is 34.4 Å². The highest BCUT2D eigenvalue weighted by molar-refractivity contribution is 7.99. The number of furan rings is 1. The van der Waals surface area contributed by atoms with Crippen LogP contribution in [0.15, 0.2) is 53.1 Å². The second-order valence-electron chi connectivity index (χ2n) is 4.95. The van der Waals surface area contributed by atoms with Crippen LogP contribution in [0.3, 0.4) is 0 Å². The van der Waals surface area contributed by atoms with Crippen LogP contribution in [0.5, 0.6) is 0 Å². The lowest BCUT2D eigenvalue weighted by Gasteiger charge is -2.23. The summed E-state index contributed by atoms with van der Waals surface area (Å²) in [6.45, 7) is 0.334. The monoisotopic (exact) mass is 316 g/mol. The van der Waals surface area contributed by atoms with Crippen LogP contribution in [0.25, 0.3) is 0 Å². The fourth-order valence-corrected chi connectivity index (χ4v) is 3.47. The van der Waals surface area contributed by atoms with E-state index >= 15 is 0 Å². The average molecular weight is 316 g/mol. The molecule has 2 amide bonds. The first kappa shape index (κ1) is 14.7. The molecule has 0 saturated carbocycles. The van der Waals surface area contributed by atoms with Crippen molar-refractivity contribution in [2.24, 2.45) is 0 Å². The zero-order valence-corrected chi connectivity index (χ0v) is 12.7. The number of nitrogens with one attached hydrogen (secondary N) is 1. The van der Waals surface area contributed by atoms with E-state index < -0.39 is 6.04 Å². The quantitative estimate of drug-likeness (QED) is 0.938. The van der Waals surface area contributed by atoms with Crippen LogP contribution in [0.2, 0.25) is 0 Å². The molecular formula is C16H16N2O3S. The standard InChI is InChI=1S/C16H16N2O3S/c19-15(17-9-13-7-4-8-21-13)14-10-22-11-18(14)16(20)12-5-2-1-3-6-12/h1-8,14H,9-11H2,(H,17,19). The zero-order chi connectivity index (χ0) is 15.4. The summed E-state index contributed by atoms with van der Waals surface area (Å²) in [6.07, 6.45) is 1.57. The van der Waals surface area contributed by atoms with Crippen LogP contribution in [0.1, 0.15) is 16.1 Å². The van der Waals surface area contributed by atoms with E-state index in [4.69, 9.17) is 4.42 Å². The summed E-state index contributed by atoms with van der Waals surface area (Å²) in [4.78, 5) is 26.5. The van der Waals surface area contributed by atoms with Gasteiger partial charge in [0.2, 0.25) is 5.91 Å². The summed E-state index contributed by atoms with van der Waals surface area (Å²) in [6, 6.07) is 12.2. The van der Waals surface area contributed by atoms with E-state index in [2.05, 4.69) is 5.32 Å². The van der Waals surface area contributed by atoms with Crippen molar-refractivity contribution in [1.82, 2.24) is 10.2 Å². The molecule has 0 bridgehead atoms. The predicted molar refractivity (Wildman–Crippen MR) is 84.3 cm³/mol. The first-order chi connectivity index (χ1) is 10.8. The molecule has 1 unspecified atom stereocenters. The second-order valence-corrected chi connectivity index (χ2v) is 5.95. The van der Waals surface area contributed by atoms with E-state index in [0.29, 0.717) is 29.5 Å². The molecule has 1 aromatic carbocycles. The van der Waals surface area contributed by atoms with Gasteiger partial charge in [-0.05, 0) is 24.3 Å². The van der Waals surface area contributed by atoms with Gasteiger partial charge < -0.3 is 14.6 Å². The molecule has 6 heteroatoms. The molecule has 5 nitrogen and oxygen atoms in total. The maximum atomic E-state index is 12.5. The number of hydrogen-bond donors (Lipinski definition) is 1. The Balaban J connectivity index is 1.65. The van der Waals surface area contributed by atoms with E-state index in [9.17, 15) is 9.59 Å². The van der Waals surface area contributed by atoms with Crippen molar-refractivity contribution in [2.75, 3.05) is 11.6 Å². The highest BCUT2D eigenvalue weighted by Gasteiger charge is 2.34. The molecule has 1 N–H and O–H groups in total. The van der Waals surface area contributed by atoms with Gasteiger partial charge >= 0.3 is 0 Å². The van der Waals surface area contributed by atoms with Gasteiger partial charge in [-0.15, -0.1) is 11.8 Å². The Morgan fingerprint density at radius 2 is 2.05 bits per heavy atom. The molecule has 0 radical (unpaired) electrons. The van der Waals surface area contributed by atoms with Gasteiger partial charge in [0.25, 0.3) is 5.91 Å². The Kier molecular flexibility index (Phi) is 4.48. The van der Waals surface area contributed by atoms with Gasteiger partial charge in [0.05, 0.1) is 18.7 Å². The minimum atomic E-state index is -0.437. The SMILES string of the molecule is O=C(NCc1ccco1)C1CSCN1C(=O)c1ccccc1. The number of nitrogens with zero attached hydrogens (tertiary/aromatic N) is 1. The molecule has 1 aliphatic heterocycles. The lowest BCUT2D eigenvalue weighted by Crippen LogP contribution is -2.47. The highest BCUT2D eigenvalue weighted by Crippen LogP contribution is 2.23. The Morgan fingerprint density at radius 3 is 2.77 bits per heavy atom. The van der Waals surface area contributed by atoms with Gasteiger partial charge in [0.1, 0.15) is 11.8 Å². The van der Waals surface area contributed by atoms with E-state index in [-0.39, 0.29) is 11.8 Å². The summed E-state index contributed by atoms with van der Waals surface area (Å²) in [5.74, 6) is 1.59. The smallest absolute Gasteiger partial charge is 0.255 e. The van der Waals surface area contributed by atoms with Crippen molar-refractivity contribution in [3.05, 3.63) is 60.1 Å². The van der Waals surface area contributed by atoms with Gasteiger partial charge in [-0.2, -0.15) is 0 Å². The van der Waals surface area contributed by atoms with Crippen molar-refractivity contribution < 1.29 is 14.0 Å². The highest BCUT2D eigenvalue weighted by atomic mass is 32.2. The third-order valence-electron chi connectivity index (χ3n) is 3.48. The van der Waals surface area contributed by atoms with Crippen molar-refractivity contribution >= 4 is 23.6 Å². The fraction of sp³-hybridized carbons (Fsp3) is 0.250. The Labute approximate surface area is 132 Å². The van der Waals surface area contributed by atoms with E-state index in [1.54, 1.807) is 47.2 Å². The molecule has 114 valence electrons. The van der Waals surface area contributed by atoms with Crippen LogP contribution >= 0.6 is 11.8 Å². The molecule has 2 aromatic rings. The molecule has 1 atom stereocenters. The summed E-state index contributed by atoms with van der Waals surface area (Å²) in [5, 5.41) is 2.82. The maximum absolute atomic E-state index is 12.5. The molecule has 2 heterocycles. The van der Waals surface area contributed by atoms with Gasteiger partial charge in [0, 0.05) is 11.3 Å². The lowest BCUT2D eigenvalue weighted by atomic mass is 10.1. The Morgan fingerprint density at radius 1 is 1.23 bits per heavy atom. The largest absolute Gasteiger partial charge is 0.467 e. The number of carbonyl (C=O) groups is 2. The third kappa shape index (κ3) is 3.17. The second kappa shape index (κ2) is 6.70. The maximum Gasteiger partial charge on any atom is 0.255 e. The van der Waals surface area contributed by atoms with Crippen molar-refractivity contribution in [3.63, 3.8) is 0 Å². The summed E-state index contributed by atoms with van der Waals surface area (Å²) in [5.41, 5.74) is 0.605. The normalized spacial score (nSPS) is 17.5. The molecule has 0 spiro atoms. The lowest BCUT2D eigenvalue weighted by molar-refractivity contribution is -0.124. The van der Waals surface area contributed by atoms with Gasteiger partial charge in [-0.25, -0.2) is 0 Å². The van der Waals surface area contributed by atoms with Gasteiger partial charge in [0.15, 0.2) is 0 Å². The molecule has 22 heavy (non-hydrogen) atoms. The van der Waals surface area contributed by atoms with Crippen LogP contribution < -0.4 is 5.32 Å². The molecule has 1 fully saturated rings. The summed E-state index contributed by atoms with van der Waals surface area (Å²) >= 11 is 1.59. The predicted octanol–water partition coefficient (Wildman–Crippen LogP) is 2.11. The third-order valence-corrected chi connectivity index (χ3v) is 4.50. The molecule has 0 aliphatic carbocycles. The number of rotatable bonds is 4. The molecular weight excluding hydrogens is 300 g/mol. The van der Waals surface area contributed by atoms with Crippen molar-refractivity contribution in [2.45, 2.75) is 12.6 Å². The Hall–Kier alpha value is -2.21. The average Bonchev–Trinajstić information content (AvgIpc) is 3.24. The molecule has 1 aliphatic rings. The molecule has 3 rings (SSSR count). The topological polar surface area (TPSA) is 62.6 Å². The van der Waals surface area contributed by atoms with Gasteiger partial charge in [-0.1, -0.05) is 18.2 Å². The summed E-state index contributed by atoms with van der Waals surface area (Å²) in [7, 11) is 0. The van der Waals surface area contributed by atoms with Gasteiger partial charge in [-0.3, -0.25) is 9.59 Å². The molecule has 1 saturated heterocycles. The minimum absolute atomic E-state index is 0.108. The van der Waals surface area contributed by atoms with Crippen molar-refractivity contribution in [1.29, 1.82) is 0 Å². The van der Waals surface area contributed by atoms with Crippen LogP contribution in [-0.2, 0) is 11.3 Å². The number of carbonyl (C=O) groups excluding carboxylic acids is 2. The molecule has 1 aromatic heterocycles.